The molecule has 0 radical (unpaired) electrons. The van der Waals surface area contributed by atoms with E-state index in [1.807, 2.05) is 25.5 Å². The Hall–Kier alpha value is -1.32. The van der Waals surface area contributed by atoms with E-state index in [1.54, 1.807) is 0 Å². The molecule has 0 bridgehead atoms. The highest BCUT2D eigenvalue weighted by Gasteiger charge is 2.08. The number of rotatable bonds is 4. The van der Waals surface area contributed by atoms with Crippen LogP contribution in [0.25, 0.3) is 0 Å². The zero-order chi connectivity index (χ0) is 12.3. The number of hydrogen-bond donors (Lipinski definition) is 1. The maximum Gasteiger partial charge on any atom is 0.222 e. The summed E-state index contributed by atoms with van der Waals surface area (Å²) in [5.41, 5.74) is 3.47. The molecule has 0 unspecified atom stereocenters. The molecule has 16 heavy (non-hydrogen) atoms. The first kappa shape index (κ1) is 12.7. The lowest BCUT2D eigenvalue weighted by Crippen LogP contribution is -2.31. The first-order chi connectivity index (χ1) is 7.43. The van der Waals surface area contributed by atoms with Gasteiger partial charge in [-0.2, -0.15) is 5.10 Å². The first-order valence-electron chi connectivity index (χ1n) is 5.71. The Morgan fingerprint density at radius 3 is 2.44 bits per heavy atom. The van der Waals surface area contributed by atoms with Crippen LogP contribution in [-0.4, -0.2) is 22.2 Å². The lowest BCUT2D eigenvalue weighted by atomic mass is 10.2. The number of nitrogens with zero attached hydrogens (tertiary/aromatic N) is 2. The molecule has 0 fully saturated rings. The molecule has 1 heterocycles. The molecular weight excluding hydrogens is 202 g/mol. The van der Waals surface area contributed by atoms with Gasteiger partial charge in [0, 0.05) is 18.2 Å². The van der Waals surface area contributed by atoms with Gasteiger partial charge in [0.05, 0.1) is 12.2 Å². The van der Waals surface area contributed by atoms with Crippen LogP contribution in [0.3, 0.4) is 0 Å². The van der Waals surface area contributed by atoms with Crippen LogP contribution in [0.1, 0.15) is 30.8 Å². The molecule has 90 valence electrons. The normalized spacial score (nSPS) is 10.9. The van der Waals surface area contributed by atoms with Crippen molar-refractivity contribution >= 4 is 5.91 Å². The highest BCUT2D eigenvalue weighted by atomic mass is 16.1. The molecule has 0 saturated heterocycles. The average Bonchev–Trinajstić information content (AvgIpc) is 2.46. The fourth-order valence-electron chi connectivity index (χ4n) is 1.49. The lowest BCUT2D eigenvalue weighted by molar-refractivity contribution is -0.124. The summed E-state index contributed by atoms with van der Waals surface area (Å²) in [7, 11) is 0. The number of hydrogen-bond acceptors (Lipinski definition) is 2. The number of aryl methyl sites for hydroxylation is 1. The van der Waals surface area contributed by atoms with Crippen LogP contribution >= 0.6 is 0 Å². The second-order valence-electron chi connectivity index (χ2n) is 4.46. The minimum Gasteiger partial charge on any atom is -0.354 e. The molecule has 0 saturated carbocycles. The zero-order valence-corrected chi connectivity index (χ0v) is 10.8. The van der Waals surface area contributed by atoms with E-state index in [4.69, 9.17) is 0 Å². The molecule has 1 aromatic heterocycles. The van der Waals surface area contributed by atoms with Crippen molar-refractivity contribution in [1.82, 2.24) is 15.1 Å². The van der Waals surface area contributed by atoms with Gasteiger partial charge in [0.25, 0.3) is 0 Å². The summed E-state index contributed by atoms with van der Waals surface area (Å²) in [6.07, 6.45) is 0. The minimum atomic E-state index is 0.0437. The maximum atomic E-state index is 11.3. The molecule has 1 aromatic rings. The number of carbonyl (C=O) groups is 1. The molecule has 0 aliphatic carbocycles. The van der Waals surface area contributed by atoms with Gasteiger partial charge in [0.15, 0.2) is 0 Å². The van der Waals surface area contributed by atoms with Gasteiger partial charge in [-0.05, 0) is 26.3 Å². The van der Waals surface area contributed by atoms with E-state index in [9.17, 15) is 4.79 Å². The molecule has 4 nitrogen and oxygen atoms in total. The molecule has 0 atom stereocenters. The second kappa shape index (κ2) is 5.14. The van der Waals surface area contributed by atoms with Gasteiger partial charge >= 0.3 is 0 Å². The van der Waals surface area contributed by atoms with Crippen LogP contribution in [0.15, 0.2) is 0 Å². The predicted molar refractivity (Wildman–Crippen MR) is 64.3 cm³/mol. The number of nitrogens with one attached hydrogen (secondary N) is 1. The Bertz CT molecular complexity index is 380. The monoisotopic (exact) mass is 223 g/mol. The quantitative estimate of drug-likeness (QED) is 0.842. The van der Waals surface area contributed by atoms with E-state index in [2.05, 4.69) is 24.3 Å². The predicted octanol–water partition coefficient (Wildman–Crippen LogP) is 1.58. The van der Waals surface area contributed by atoms with Crippen molar-refractivity contribution in [3.63, 3.8) is 0 Å². The van der Waals surface area contributed by atoms with Crippen LogP contribution in [0.2, 0.25) is 0 Å². The molecule has 1 N–H and O–H groups in total. The van der Waals surface area contributed by atoms with Crippen LogP contribution in [0.4, 0.5) is 0 Å². The van der Waals surface area contributed by atoms with Gasteiger partial charge < -0.3 is 5.32 Å². The first-order valence-corrected chi connectivity index (χ1v) is 5.71. The third-order valence-electron chi connectivity index (χ3n) is 2.89. The summed E-state index contributed by atoms with van der Waals surface area (Å²) in [5.74, 6) is 0.139. The Balaban J connectivity index is 2.49. The van der Waals surface area contributed by atoms with E-state index < -0.39 is 0 Å². The third-order valence-corrected chi connectivity index (χ3v) is 2.89. The molecule has 1 amide bonds. The SMILES string of the molecule is Cc1nn(CCNC(=O)C(C)C)c(C)c1C. The highest BCUT2D eigenvalue weighted by Crippen LogP contribution is 2.10. The third kappa shape index (κ3) is 2.84. The van der Waals surface area contributed by atoms with Crippen LogP contribution in [0.5, 0.6) is 0 Å². The highest BCUT2D eigenvalue weighted by molar-refractivity contribution is 5.77. The van der Waals surface area contributed by atoms with Crippen molar-refractivity contribution in [2.45, 2.75) is 41.2 Å². The van der Waals surface area contributed by atoms with Gasteiger partial charge in [-0.3, -0.25) is 9.48 Å². The maximum absolute atomic E-state index is 11.3. The van der Waals surface area contributed by atoms with E-state index in [1.165, 1.54) is 11.3 Å². The van der Waals surface area contributed by atoms with Gasteiger partial charge in [0.1, 0.15) is 0 Å². The van der Waals surface area contributed by atoms with Crippen LogP contribution < -0.4 is 5.32 Å². The van der Waals surface area contributed by atoms with Gasteiger partial charge in [-0.1, -0.05) is 13.8 Å². The summed E-state index contributed by atoms with van der Waals surface area (Å²) in [5, 5.41) is 7.30. The van der Waals surface area contributed by atoms with Crippen LogP contribution in [-0.2, 0) is 11.3 Å². The Morgan fingerprint density at radius 1 is 1.38 bits per heavy atom. The van der Waals surface area contributed by atoms with Gasteiger partial charge in [0.2, 0.25) is 5.91 Å². The summed E-state index contributed by atoms with van der Waals surface area (Å²) in [6.45, 7) is 11.3. The van der Waals surface area contributed by atoms with Crippen LogP contribution in [0, 0.1) is 26.7 Å². The number of carbonyl (C=O) groups excluding carboxylic acids is 1. The van der Waals surface area contributed by atoms with E-state index in [-0.39, 0.29) is 11.8 Å². The van der Waals surface area contributed by atoms with Crippen molar-refractivity contribution in [2.24, 2.45) is 5.92 Å². The number of amides is 1. The van der Waals surface area contributed by atoms with E-state index in [0.29, 0.717) is 6.54 Å². The molecule has 0 aliphatic rings. The zero-order valence-electron chi connectivity index (χ0n) is 10.8. The summed E-state index contributed by atoms with van der Waals surface area (Å²) in [4.78, 5) is 11.3. The smallest absolute Gasteiger partial charge is 0.222 e. The average molecular weight is 223 g/mol. The fourth-order valence-corrected chi connectivity index (χ4v) is 1.49. The van der Waals surface area contributed by atoms with Crippen molar-refractivity contribution in [3.8, 4) is 0 Å². The molecule has 0 aliphatic heterocycles. The Morgan fingerprint density at radius 2 is 2.00 bits per heavy atom. The molecule has 0 aromatic carbocycles. The molecule has 0 spiro atoms. The van der Waals surface area contributed by atoms with Crippen molar-refractivity contribution in [3.05, 3.63) is 17.0 Å². The molecular formula is C12H21N3O. The molecule has 4 heteroatoms. The van der Waals surface area contributed by atoms with Crippen molar-refractivity contribution in [2.75, 3.05) is 6.54 Å². The largest absolute Gasteiger partial charge is 0.354 e. The van der Waals surface area contributed by atoms with E-state index in [0.717, 1.165) is 12.2 Å². The van der Waals surface area contributed by atoms with Gasteiger partial charge in [-0.25, -0.2) is 0 Å². The topological polar surface area (TPSA) is 46.9 Å². The summed E-state index contributed by atoms with van der Waals surface area (Å²) in [6, 6.07) is 0. The minimum absolute atomic E-state index is 0.0437. The lowest BCUT2D eigenvalue weighted by Gasteiger charge is -2.08. The number of aromatic nitrogens is 2. The van der Waals surface area contributed by atoms with Gasteiger partial charge in [-0.15, -0.1) is 0 Å². The molecule has 1 rings (SSSR count). The van der Waals surface area contributed by atoms with E-state index >= 15 is 0 Å². The Labute approximate surface area is 97.0 Å². The van der Waals surface area contributed by atoms with Crippen molar-refractivity contribution < 1.29 is 4.79 Å². The summed E-state index contributed by atoms with van der Waals surface area (Å²) < 4.78 is 1.95. The fraction of sp³-hybridized carbons (Fsp3) is 0.667. The second-order valence-corrected chi connectivity index (χ2v) is 4.46. The standard InChI is InChI=1S/C12H21N3O/c1-8(2)12(16)13-6-7-15-11(5)9(3)10(4)14-15/h8H,6-7H2,1-5H3,(H,13,16). The summed E-state index contributed by atoms with van der Waals surface area (Å²) >= 11 is 0. The van der Waals surface area contributed by atoms with Crippen molar-refractivity contribution in [1.29, 1.82) is 0 Å². The Kier molecular flexibility index (Phi) is 4.10.